The van der Waals surface area contributed by atoms with E-state index in [4.69, 9.17) is 5.11 Å². The van der Waals surface area contributed by atoms with Crippen LogP contribution in [0.3, 0.4) is 0 Å². The molecule has 0 spiro atoms. The van der Waals surface area contributed by atoms with E-state index >= 15 is 0 Å². The quantitative estimate of drug-likeness (QED) is 0.767. The van der Waals surface area contributed by atoms with Gasteiger partial charge in [0, 0.05) is 36.9 Å². The van der Waals surface area contributed by atoms with Crippen LogP contribution in [0, 0.1) is 0 Å². The first-order chi connectivity index (χ1) is 9.34. The molecule has 1 heterocycles. The molecule has 0 saturated heterocycles. The minimum absolute atomic E-state index is 0.0473. The molecule has 1 aromatic rings. The Morgan fingerprint density at radius 1 is 1.50 bits per heavy atom. The number of nitrogens with one attached hydrogen (secondary N) is 1. The molecule has 20 heavy (non-hydrogen) atoms. The molecule has 1 aromatic heterocycles. The molecule has 1 rings (SSSR count). The molecule has 0 aliphatic carbocycles. The van der Waals surface area contributed by atoms with E-state index in [0.717, 1.165) is 0 Å². The largest absolute Gasteiger partial charge is 0.396 e. The summed E-state index contributed by atoms with van der Waals surface area (Å²) in [5.41, 5.74) is 0. The van der Waals surface area contributed by atoms with Crippen LogP contribution in [0.25, 0.3) is 0 Å². The first-order valence-electron chi connectivity index (χ1n) is 6.30. The minimum atomic E-state index is -3.67. The van der Waals surface area contributed by atoms with Crippen molar-refractivity contribution in [3.8, 4) is 0 Å². The van der Waals surface area contributed by atoms with Gasteiger partial charge in [-0.05, 0) is 42.3 Å². The highest BCUT2D eigenvalue weighted by molar-refractivity contribution is 9.10. The summed E-state index contributed by atoms with van der Waals surface area (Å²) in [4.78, 5) is 4.20. The molecule has 0 fully saturated rings. The lowest BCUT2D eigenvalue weighted by molar-refractivity contribution is 0.258. The molecule has 2 N–H and O–H groups in total. The second kappa shape index (κ2) is 7.35. The van der Waals surface area contributed by atoms with Crippen molar-refractivity contribution in [2.45, 2.75) is 31.2 Å². The number of rotatable bonds is 7. The average molecular weight is 366 g/mol. The number of aliphatic hydroxyl groups excluding tert-OH is 1. The normalized spacial score (nSPS) is 12.2. The van der Waals surface area contributed by atoms with Gasteiger partial charge in [-0.25, -0.2) is 13.4 Å². The zero-order valence-electron chi connectivity index (χ0n) is 11.8. The fourth-order valence-electron chi connectivity index (χ4n) is 1.81. The van der Waals surface area contributed by atoms with Gasteiger partial charge in [-0.2, -0.15) is 4.31 Å². The molecule has 0 atom stereocenters. The summed E-state index contributed by atoms with van der Waals surface area (Å²) in [5.74, 6) is 0.308. The summed E-state index contributed by atoms with van der Waals surface area (Å²) in [6, 6.07) is 1.33. The van der Waals surface area contributed by atoms with Gasteiger partial charge < -0.3 is 10.4 Å². The van der Waals surface area contributed by atoms with Crippen LogP contribution in [0.15, 0.2) is 21.6 Å². The lowest BCUT2D eigenvalue weighted by atomic mass is 10.3. The third kappa shape index (κ3) is 3.91. The van der Waals surface area contributed by atoms with Crippen LogP contribution < -0.4 is 5.32 Å². The van der Waals surface area contributed by atoms with Crippen LogP contribution in [0.4, 0.5) is 5.82 Å². The number of pyridine rings is 1. The van der Waals surface area contributed by atoms with E-state index in [1.165, 1.54) is 16.6 Å². The molecule has 0 saturated carbocycles. The number of sulfonamides is 1. The molecule has 0 aliphatic heterocycles. The second-order valence-electron chi connectivity index (χ2n) is 4.54. The smallest absolute Gasteiger partial charge is 0.247 e. The van der Waals surface area contributed by atoms with E-state index in [0.29, 0.717) is 16.7 Å². The lowest BCUT2D eigenvalue weighted by Crippen LogP contribution is -2.38. The number of aliphatic hydroxyl groups is 1. The van der Waals surface area contributed by atoms with Gasteiger partial charge in [0.15, 0.2) is 0 Å². The summed E-state index contributed by atoms with van der Waals surface area (Å²) < 4.78 is 27.5. The molecule has 0 aliphatic rings. The fraction of sp³-hybridized carbons (Fsp3) is 0.583. The van der Waals surface area contributed by atoms with Crippen LogP contribution >= 0.6 is 15.9 Å². The van der Waals surface area contributed by atoms with E-state index in [1.807, 2.05) is 0 Å². The summed E-state index contributed by atoms with van der Waals surface area (Å²) in [6.45, 7) is 3.83. The molecule has 0 amide bonds. The summed E-state index contributed by atoms with van der Waals surface area (Å²) in [6.07, 6.45) is 1.94. The van der Waals surface area contributed by atoms with Crippen LogP contribution in [-0.2, 0) is 10.0 Å². The van der Waals surface area contributed by atoms with Crippen molar-refractivity contribution in [1.82, 2.24) is 9.29 Å². The van der Waals surface area contributed by atoms with Gasteiger partial charge in [-0.3, -0.25) is 0 Å². The Morgan fingerprint density at radius 2 is 2.15 bits per heavy atom. The van der Waals surface area contributed by atoms with E-state index in [2.05, 4.69) is 26.2 Å². The highest BCUT2D eigenvalue weighted by atomic mass is 79.9. The molecule has 6 nitrogen and oxygen atoms in total. The van der Waals surface area contributed by atoms with Crippen molar-refractivity contribution in [2.24, 2.45) is 0 Å². The molecule has 0 radical (unpaired) electrons. The third-order valence-corrected chi connectivity index (χ3v) is 5.28. The Hall–Kier alpha value is -0.700. The van der Waals surface area contributed by atoms with Gasteiger partial charge in [0.05, 0.1) is 0 Å². The number of hydrogen-bond acceptors (Lipinski definition) is 5. The molecule has 0 aromatic carbocycles. The summed E-state index contributed by atoms with van der Waals surface area (Å²) in [5, 5.41) is 11.7. The first-order valence-corrected chi connectivity index (χ1v) is 8.54. The van der Waals surface area contributed by atoms with E-state index in [-0.39, 0.29) is 24.1 Å². The predicted octanol–water partition coefficient (Wildman–Crippen LogP) is 1.67. The average Bonchev–Trinajstić information content (AvgIpc) is 2.38. The van der Waals surface area contributed by atoms with Crippen molar-refractivity contribution in [3.63, 3.8) is 0 Å². The van der Waals surface area contributed by atoms with Gasteiger partial charge in [0.25, 0.3) is 0 Å². The van der Waals surface area contributed by atoms with Gasteiger partial charge in [0.2, 0.25) is 10.0 Å². The maximum atomic E-state index is 12.8. The van der Waals surface area contributed by atoms with Gasteiger partial charge >= 0.3 is 0 Å². The van der Waals surface area contributed by atoms with Crippen LogP contribution in [0.2, 0.25) is 0 Å². The van der Waals surface area contributed by atoms with Gasteiger partial charge in [-0.1, -0.05) is 0 Å². The van der Waals surface area contributed by atoms with Crippen molar-refractivity contribution >= 4 is 31.8 Å². The Balaban J connectivity index is 3.28. The predicted molar refractivity (Wildman–Crippen MR) is 82.2 cm³/mol. The molecule has 0 unspecified atom stereocenters. The summed E-state index contributed by atoms with van der Waals surface area (Å²) >= 11 is 3.24. The Morgan fingerprint density at radius 3 is 2.65 bits per heavy atom. The van der Waals surface area contributed by atoms with Crippen LogP contribution in [0.1, 0.15) is 20.3 Å². The van der Waals surface area contributed by atoms with Crippen LogP contribution in [-0.4, -0.2) is 49.1 Å². The molecular weight excluding hydrogens is 346 g/mol. The van der Waals surface area contributed by atoms with E-state index in [9.17, 15) is 8.42 Å². The molecular formula is C12H20BrN3O3S. The zero-order valence-corrected chi connectivity index (χ0v) is 14.2. The standard InChI is InChI=1S/C12H20BrN3O3S/c1-9(2)16(5-4-6-17)20(18,19)11-7-10(13)8-15-12(11)14-3/h7-9,17H,4-6H2,1-3H3,(H,14,15). The monoisotopic (exact) mass is 365 g/mol. The van der Waals surface area contributed by atoms with Gasteiger partial charge in [-0.15, -0.1) is 0 Å². The minimum Gasteiger partial charge on any atom is -0.396 e. The van der Waals surface area contributed by atoms with Gasteiger partial charge in [0.1, 0.15) is 10.7 Å². The fourth-order valence-corrected chi connectivity index (χ4v) is 4.15. The van der Waals surface area contributed by atoms with Crippen molar-refractivity contribution < 1.29 is 13.5 Å². The van der Waals surface area contributed by atoms with E-state index < -0.39 is 10.0 Å². The van der Waals surface area contributed by atoms with Crippen LogP contribution in [0.5, 0.6) is 0 Å². The SMILES string of the molecule is CNc1ncc(Br)cc1S(=O)(=O)N(CCCO)C(C)C. The zero-order chi connectivity index (χ0) is 15.3. The van der Waals surface area contributed by atoms with Crippen molar-refractivity contribution in [1.29, 1.82) is 0 Å². The highest BCUT2D eigenvalue weighted by Crippen LogP contribution is 2.27. The maximum absolute atomic E-state index is 12.8. The number of aromatic nitrogens is 1. The molecule has 114 valence electrons. The Kier molecular flexibility index (Phi) is 6.38. The Labute approximate surface area is 128 Å². The van der Waals surface area contributed by atoms with Crippen molar-refractivity contribution in [2.75, 3.05) is 25.5 Å². The third-order valence-electron chi connectivity index (χ3n) is 2.76. The molecule has 8 heteroatoms. The van der Waals surface area contributed by atoms with E-state index in [1.54, 1.807) is 20.9 Å². The first kappa shape index (κ1) is 17.4. The Bertz CT molecular complexity index is 549. The number of hydrogen-bond donors (Lipinski definition) is 2. The molecule has 0 bridgehead atoms. The van der Waals surface area contributed by atoms with Crippen molar-refractivity contribution in [3.05, 3.63) is 16.7 Å². The number of anilines is 1. The highest BCUT2D eigenvalue weighted by Gasteiger charge is 2.29. The maximum Gasteiger partial charge on any atom is 0.247 e. The lowest BCUT2D eigenvalue weighted by Gasteiger charge is -2.26. The topological polar surface area (TPSA) is 82.5 Å². The summed E-state index contributed by atoms with van der Waals surface area (Å²) in [7, 11) is -2.04. The second-order valence-corrected chi connectivity index (χ2v) is 7.31. The number of nitrogens with zero attached hydrogens (tertiary/aromatic N) is 2. The number of halogens is 1.